The molecule has 2 aromatic heterocycles. The number of carbonyl (C=O) groups excluding carboxylic acids is 3. The molecule has 5 aromatic carbocycles. The number of phenolic OH excluding ortho intramolecular Hbond substituents is 1. The van der Waals surface area contributed by atoms with Crippen molar-refractivity contribution < 1.29 is 38.5 Å². The molecule has 3 atom stereocenters. The Kier molecular flexibility index (Phi) is 13.7. The number of benzene rings is 5. The van der Waals surface area contributed by atoms with E-state index in [-0.39, 0.29) is 43.4 Å². The molecule has 13 nitrogen and oxygen atoms in total. The molecule has 8 rings (SSSR count). The molecule has 0 radical (unpaired) electrons. The maximum absolute atomic E-state index is 14.0. The van der Waals surface area contributed by atoms with Crippen LogP contribution in [0.2, 0.25) is 0 Å². The molecule has 0 aliphatic carbocycles. The van der Waals surface area contributed by atoms with Crippen LogP contribution in [0, 0.1) is 22.6 Å². The standard InChI is InChI=1S/C52H49FN6O7S/c1-52(2,3)49(51(64)59-31-39(61)27-44(59)50(63)55-30-34-6-4-33(29-54)5-7-34)56-46(62)26-32-8-10-35(11-9-32)43-22-23-58(57-43)24-25-65-40-17-19-41(20-18-40)66-47-42-21-16-38(60)28-45(42)67-48(47)36-12-14-37(53)15-13-36/h4-23,28,39,44,49,60-61H,24-27,30-31H2,1-3H3,(H,55,63)(H,56,62)/t39-,44+,49?/m1/s1. The Morgan fingerprint density at radius 1 is 0.910 bits per heavy atom. The zero-order chi connectivity index (χ0) is 47.2. The quantitative estimate of drug-likeness (QED) is 0.0787. The molecule has 0 bridgehead atoms. The molecule has 3 heterocycles. The lowest BCUT2D eigenvalue weighted by Gasteiger charge is -2.35. The maximum Gasteiger partial charge on any atom is 0.246 e. The van der Waals surface area contributed by atoms with Gasteiger partial charge in [-0.2, -0.15) is 10.4 Å². The highest BCUT2D eigenvalue weighted by Gasteiger charge is 2.44. The van der Waals surface area contributed by atoms with Gasteiger partial charge in [0.1, 0.15) is 41.8 Å². The van der Waals surface area contributed by atoms with Gasteiger partial charge in [-0.15, -0.1) is 11.3 Å². The summed E-state index contributed by atoms with van der Waals surface area (Å²) in [6.07, 6.45) is 1.07. The SMILES string of the molecule is CC(C)(C)C(NC(=O)Cc1ccc(-c2ccn(CCOc3ccc(Oc4c(-c5ccc(F)cc5)sc5cc(O)ccc45)cc3)n2)cc1)C(=O)N1C[C@H](O)C[C@H]1C(=O)NCc1ccc(C#N)cc1. The van der Waals surface area contributed by atoms with Crippen molar-refractivity contribution in [3.8, 4) is 50.8 Å². The first-order valence-corrected chi connectivity index (χ1v) is 22.6. The number of carbonyl (C=O) groups is 3. The highest BCUT2D eigenvalue weighted by atomic mass is 32.1. The summed E-state index contributed by atoms with van der Waals surface area (Å²) in [5, 5.41) is 41.0. The van der Waals surface area contributed by atoms with Gasteiger partial charge in [0.25, 0.3) is 0 Å². The van der Waals surface area contributed by atoms with Crippen LogP contribution in [0.5, 0.6) is 23.0 Å². The summed E-state index contributed by atoms with van der Waals surface area (Å²) in [5.74, 6) is 0.462. The number of nitrogens with zero attached hydrogens (tertiary/aromatic N) is 4. The smallest absolute Gasteiger partial charge is 0.246 e. The van der Waals surface area contributed by atoms with Crippen molar-refractivity contribution in [1.82, 2.24) is 25.3 Å². The first-order valence-electron chi connectivity index (χ1n) is 21.8. The summed E-state index contributed by atoms with van der Waals surface area (Å²) in [6.45, 7) is 6.52. The Morgan fingerprint density at radius 2 is 1.60 bits per heavy atom. The van der Waals surface area contributed by atoms with Crippen LogP contribution >= 0.6 is 11.3 Å². The van der Waals surface area contributed by atoms with E-state index < -0.39 is 35.4 Å². The number of nitrogens with one attached hydrogen (secondary N) is 2. The lowest BCUT2D eigenvalue weighted by Crippen LogP contribution is -2.58. The van der Waals surface area contributed by atoms with Gasteiger partial charge in [-0.3, -0.25) is 19.1 Å². The Hall–Kier alpha value is -7.54. The zero-order valence-corrected chi connectivity index (χ0v) is 37.9. The summed E-state index contributed by atoms with van der Waals surface area (Å²) in [7, 11) is 0. The predicted octanol–water partition coefficient (Wildman–Crippen LogP) is 8.37. The van der Waals surface area contributed by atoms with Crippen LogP contribution in [0.1, 0.15) is 43.9 Å². The number of amides is 3. The van der Waals surface area contributed by atoms with E-state index in [4.69, 9.17) is 19.8 Å². The number of aromatic hydroxyl groups is 1. The molecular weight excluding hydrogens is 872 g/mol. The summed E-state index contributed by atoms with van der Waals surface area (Å²) in [5.41, 5.74) is 3.73. The van der Waals surface area contributed by atoms with Gasteiger partial charge >= 0.3 is 0 Å². The van der Waals surface area contributed by atoms with E-state index in [9.17, 15) is 29.0 Å². The Balaban J connectivity index is 0.827. The molecule has 342 valence electrons. The number of hydrogen-bond donors (Lipinski definition) is 4. The second-order valence-electron chi connectivity index (χ2n) is 17.5. The number of ether oxygens (including phenoxy) is 2. The van der Waals surface area contributed by atoms with Crippen LogP contribution in [0.4, 0.5) is 4.39 Å². The number of β-amino-alcohol motifs (C(OH)–C–C–N with tert-alkyl or cyclic N) is 1. The molecular formula is C52H49FN6O7S. The largest absolute Gasteiger partial charge is 0.508 e. The molecule has 1 unspecified atom stereocenters. The summed E-state index contributed by atoms with van der Waals surface area (Å²) >= 11 is 1.45. The molecule has 0 spiro atoms. The van der Waals surface area contributed by atoms with Crippen LogP contribution in [-0.4, -0.2) is 74.0 Å². The third kappa shape index (κ3) is 11.1. The molecule has 15 heteroatoms. The number of fused-ring (bicyclic) bond motifs is 1. The molecule has 4 N–H and O–H groups in total. The zero-order valence-electron chi connectivity index (χ0n) is 37.1. The molecule has 1 fully saturated rings. The molecule has 7 aromatic rings. The van der Waals surface area contributed by atoms with E-state index in [1.807, 2.05) is 81.6 Å². The monoisotopic (exact) mass is 920 g/mol. The van der Waals surface area contributed by atoms with E-state index >= 15 is 0 Å². The number of rotatable bonds is 15. The van der Waals surface area contributed by atoms with Crippen molar-refractivity contribution in [3.05, 3.63) is 150 Å². The highest BCUT2D eigenvalue weighted by molar-refractivity contribution is 7.22. The second kappa shape index (κ2) is 19.9. The van der Waals surface area contributed by atoms with Crippen molar-refractivity contribution in [2.45, 2.75) is 64.9 Å². The van der Waals surface area contributed by atoms with Gasteiger partial charge in [0, 0.05) is 41.4 Å². The van der Waals surface area contributed by atoms with Gasteiger partial charge in [-0.1, -0.05) is 69.3 Å². The molecule has 1 saturated heterocycles. The first-order chi connectivity index (χ1) is 32.2. The fourth-order valence-corrected chi connectivity index (χ4v) is 9.06. The average molecular weight is 921 g/mol. The normalized spacial score (nSPS) is 15.2. The predicted molar refractivity (Wildman–Crippen MR) is 253 cm³/mol. The van der Waals surface area contributed by atoms with E-state index in [1.165, 1.54) is 28.4 Å². The number of likely N-dealkylation sites (tertiary alicyclic amines) is 1. The minimum Gasteiger partial charge on any atom is -0.508 e. The fourth-order valence-electron chi connectivity index (χ4n) is 7.89. The van der Waals surface area contributed by atoms with Crippen LogP contribution in [0.25, 0.3) is 31.8 Å². The topological polar surface area (TPSA) is 179 Å². The van der Waals surface area contributed by atoms with Crippen molar-refractivity contribution in [1.29, 1.82) is 5.26 Å². The van der Waals surface area contributed by atoms with E-state index in [2.05, 4.69) is 16.7 Å². The third-order valence-corrected chi connectivity index (χ3v) is 12.6. The lowest BCUT2D eigenvalue weighted by atomic mass is 9.85. The maximum atomic E-state index is 14.0. The van der Waals surface area contributed by atoms with E-state index in [0.29, 0.717) is 36.0 Å². The third-order valence-electron chi connectivity index (χ3n) is 11.5. The number of phenols is 1. The summed E-state index contributed by atoms with van der Waals surface area (Å²) < 4.78 is 28.7. The van der Waals surface area contributed by atoms with E-state index in [1.54, 1.807) is 59.3 Å². The number of halogens is 1. The Morgan fingerprint density at radius 3 is 2.30 bits per heavy atom. The number of thiophene rings is 1. The van der Waals surface area contributed by atoms with Crippen LogP contribution in [0.3, 0.4) is 0 Å². The molecule has 1 aliphatic heterocycles. The van der Waals surface area contributed by atoms with Gasteiger partial charge in [0.2, 0.25) is 17.7 Å². The van der Waals surface area contributed by atoms with Crippen molar-refractivity contribution >= 4 is 39.1 Å². The minimum absolute atomic E-state index is 0.0173. The molecule has 3 amide bonds. The molecule has 1 aliphatic rings. The number of nitriles is 1. The number of aliphatic hydroxyl groups is 1. The molecule has 67 heavy (non-hydrogen) atoms. The van der Waals surface area contributed by atoms with Gasteiger partial charge in [-0.25, -0.2) is 4.39 Å². The average Bonchev–Trinajstić information content (AvgIpc) is 4.05. The summed E-state index contributed by atoms with van der Waals surface area (Å²) in [4.78, 5) is 43.0. The van der Waals surface area contributed by atoms with Crippen molar-refractivity contribution in [3.63, 3.8) is 0 Å². The van der Waals surface area contributed by atoms with Crippen LogP contribution in [-0.2, 0) is 33.9 Å². The number of hydrogen-bond acceptors (Lipinski definition) is 10. The molecule has 0 saturated carbocycles. The van der Waals surface area contributed by atoms with Gasteiger partial charge in [0.15, 0.2) is 5.75 Å². The van der Waals surface area contributed by atoms with Gasteiger partial charge < -0.3 is 35.2 Å². The highest BCUT2D eigenvalue weighted by Crippen LogP contribution is 2.47. The van der Waals surface area contributed by atoms with Crippen molar-refractivity contribution in [2.24, 2.45) is 5.41 Å². The van der Waals surface area contributed by atoms with Gasteiger partial charge in [-0.05, 0) is 94.9 Å². The number of aliphatic hydroxyl groups excluding tert-OH is 1. The van der Waals surface area contributed by atoms with Crippen LogP contribution in [0.15, 0.2) is 128 Å². The minimum atomic E-state index is -0.960. The Labute approximate surface area is 391 Å². The summed E-state index contributed by atoms with van der Waals surface area (Å²) in [6, 6.07) is 35.0. The van der Waals surface area contributed by atoms with Crippen LogP contribution < -0.4 is 20.1 Å². The lowest BCUT2D eigenvalue weighted by molar-refractivity contribution is -0.144. The Bertz CT molecular complexity index is 2920. The van der Waals surface area contributed by atoms with Gasteiger partial charge in [0.05, 0.1) is 41.3 Å². The fraction of sp³-hybridized carbons (Fsp3) is 0.250. The number of aromatic nitrogens is 2. The van der Waals surface area contributed by atoms with Crippen molar-refractivity contribution in [2.75, 3.05) is 13.2 Å². The van der Waals surface area contributed by atoms with E-state index in [0.717, 1.165) is 42.9 Å². The first kappa shape index (κ1) is 46.0. The second-order valence-corrected chi connectivity index (χ2v) is 18.5.